The van der Waals surface area contributed by atoms with Gasteiger partial charge in [-0.25, -0.2) is 0 Å². The first kappa shape index (κ1) is 13.7. The van der Waals surface area contributed by atoms with Crippen molar-refractivity contribution in [1.82, 2.24) is 4.90 Å². The SMILES string of the molecule is CC(I)C(O)OC1CC(C)N(C)C(C)C1. The minimum atomic E-state index is -0.626. The van der Waals surface area contributed by atoms with Gasteiger partial charge in [0.15, 0.2) is 6.29 Å². The maximum absolute atomic E-state index is 9.67. The topological polar surface area (TPSA) is 32.7 Å². The molecule has 90 valence electrons. The maximum Gasteiger partial charge on any atom is 0.166 e. The first-order valence-corrected chi connectivity index (χ1v) is 6.86. The Kier molecular flexibility index (Phi) is 5.28. The van der Waals surface area contributed by atoms with Gasteiger partial charge in [0.25, 0.3) is 0 Å². The van der Waals surface area contributed by atoms with Gasteiger partial charge in [-0.2, -0.15) is 0 Å². The first-order valence-electron chi connectivity index (χ1n) is 5.61. The van der Waals surface area contributed by atoms with Crippen LogP contribution in [0.25, 0.3) is 0 Å². The highest BCUT2D eigenvalue weighted by Gasteiger charge is 2.30. The van der Waals surface area contributed by atoms with Crippen LogP contribution in [0.3, 0.4) is 0 Å². The lowest BCUT2D eigenvalue weighted by atomic mass is 9.95. The third-order valence-corrected chi connectivity index (χ3v) is 3.94. The Hall–Kier alpha value is 0.610. The van der Waals surface area contributed by atoms with Gasteiger partial charge in [0, 0.05) is 12.1 Å². The van der Waals surface area contributed by atoms with Crippen molar-refractivity contribution in [3.8, 4) is 0 Å². The van der Waals surface area contributed by atoms with Gasteiger partial charge >= 0.3 is 0 Å². The fourth-order valence-corrected chi connectivity index (χ4v) is 2.21. The van der Waals surface area contributed by atoms with Crippen LogP contribution in [0.15, 0.2) is 0 Å². The zero-order valence-electron chi connectivity index (χ0n) is 9.98. The number of aliphatic hydroxyl groups is 1. The Bertz CT molecular complexity index is 189. The summed E-state index contributed by atoms with van der Waals surface area (Å²) in [6.45, 7) is 6.39. The molecule has 1 N–H and O–H groups in total. The zero-order chi connectivity index (χ0) is 11.6. The van der Waals surface area contributed by atoms with Gasteiger partial charge in [0.05, 0.1) is 10.0 Å². The van der Waals surface area contributed by atoms with Crippen molar-refractivity contribution < 1.29 is 9.84 Å². The molecule has 0 bridgehead atoms. The van der Waals surface area contributed by atoms with Crippen LogP contribution in [0.4, 0.5) is 0 Å². The van der Waals surface area contributed by atoms with Crippen LogP contribution >= 0.6 is 22.6 Å². The van der Waals surface area contributed by atoms with Gasteiger partial charge in [0.1, 0.15) is 0 Å². The number of aliphatic hydroxyl groups excluding tert-OH is 1. The Morgan fingerprint density at radius 3 is 2.20 bits per heavy atom. The molecule has 0 saturated carbocycles. The number of likely N-dealkylation sites (tertiary alicyclic amines) is 1. The molecule has 15 heavy (non-hydrogen) atoms. The van der Waals surface area contributed by atoms with Crippen LogP contribution in [0, 0.1) is 0 Å². The quantitative estimate of drug-likeness (QED) is 0.489. The summed E-state index contributed by atoms with van der Waals surface area (Å²) in [6.07, 6.45) is 1.61. The molecule has 1 fully saturated rings. The number of piperidine rings is 1. The Labute approximate surface area is 106 Å². The minimum absolute atomic E-state index is 0.146. The average Bonchev–Trinajstić information content (AvgIpc) is 2.13. The molecule has 4 atom stereocenters. The standard InChI is InChI=1S/C11H22INO2/c1-7-5-10(6-8(2)13(7)4)15-11(14)9(3)12/h7-11,14H,5-6H2,1-4H3. The van der Waals surface area contributed by atoms with E-state index in [2.05, 4.69) is 48.4 Å². The van der Waals surface area contributed by atoms with Crippen molar-refractivity contribution in [3.63, 3.8) is 0 Å². The molecule has 1 saturated heterocycles. The lowest BCUT2D eigenvalue weighted by Crippen LogP contribution is -2.47. The lowest BCUT2D eigenvalue weighted by Gasteiger charge is -2.40. The van der Waals surface area contributed by atoms with E-state index in [0.29, 0.717) is 12.1 Å². The summed E-state index contributed by atoms with van der Waals surface area (Å²) in [4.78, 5) is 2.37. The number of nitrogens with zero attached hydrogens (tertiary/aromatic N) is 1. The molecule has 0 aromatic rings. The average molecular weight is 327 g/mol. The van der Waals surface area contributed by atoms with E-state index in [1.807, 2.05) is 6.92 Å². The highest BCUT2D eigenvalue weighted by Crippen LogP contribution is 2.25. The Morgan fingerprint density at radius 1 is 1.33 bits per heavy atom. The number of ether oxygens (including phenoxy) is 1. The molecule has 0 aromatic carbocycles. The molecule has 1 aliphatic rings. The van der Waals surface area contributed by atoms with Gasteiger partial charge in [-0.05, 0) is 40.7 Å². The van der Waals surface area contributed by atoms with E-state index in [4.69, 9.17) is 4.74 Å². The highest BCUT2D eigenvalue weighted by molar-refractivity contribution is 14.1. The van der Waals surface area contributed by atoms with Gasteiger partial charge in [-0.15, -0.1) is 0 Å². The molecule has 1 rings (SSSR count). The number of hydrogen-bond acceptors (Lipinski definition) is 3. The predicted octanol–water partition coefficient (Wildman–Crippen LogP) is 2.02. The van der Waals surface area contributed by atoms with E-state index in [1.165, 1.54) is 0 Å². The zero-order valence-corrected chi connectivity index (χ0v) is 12.1. The highest BCUT2D eigenvalue weighted by atomic mass is 127. The van der Waals surface area contributed by atoms with Crippen LogP contribution in [-0.2, 0) is 4.74 Å². The van der Waals surface area contributed by atoms with Crippen LogP contribution in [0.2, 0.25) is 0 Å². The molecular formula is C11H22INO2. The summed E-state index contributed by atoms with van der Waals surface area (Å²) < 4.78 is 5.81. The maximum atomic E-state index is 9.67. The van der Waals surface area contributed by atoms with Crippen LogP contribution in [-0.4, -0.2) is 45.5 Å². The summed E-state index contributed by atoms with van der Waals surface area (Å²) in [6, 6.07) is 1.07. The third-order valence-electron chi connectivity index (χ3n) is 3.32. The van der Waals surface area contributed by atoms with E-state index >= 15 is 0 Å². The Morgan fingerprint density at radius 2 is 1.80 bits per heavy atom. The number of alkyl halides is 1. The van der Waals surface area contributed by atoms with Crippen LogP contribution in [0.5, 0.6) is 0 Å². The molecule has 0 aromatic heterocycles. The van der Waals surface area contributed by atoms with E-state index in [0.717, 1.165) is 12.8 Å². The van der Waals surface area contributed by atoms with Crippen molar-refractivity contribution in [1.29, 1.82) is 0 Å². The summed E-state index contributed by atoms with van der Waals surface area (Å²) in [7, 11) is 2.16. The molecule has 1 heterocycles. The molecule has 0 amide bonds. The summed E-state index contributed by atoms with van der Waals surface area (Å²) in [5.74, 6) is 0. The third kappa shape index (κ3) is 3.84. The second-order valence-corrected chi connectivity index (χ2v) is 6.63. The summed E-state index contributed by atoms with van der Waals surface area (Å²) >= 11 is 2.19. The van der Waals surface area contributed by atoms with Crippen molar-refractivity contribution in [2.75, 3.05) is 7.05 Å². The smallest absolute Gasteiger partial charge is 0.166 e. The number of halogens is 1. The van der Waals surface area contributed by atoms with E-state index in [1.54, 1.807) is 0 Å². The molecule has 4 unspecified atom stereocenters. The van der Waals surface area contributed by atoms with Gasteiger partial charge < -0.3 is 14.7 Å². The van der Waals surface area contributed by atoms with E-state index in [9.17, 15) is 5.11 Å². The Balaban J connectivity index is 2.44. The first-order chi connectivity index (χ1) is 6.91. The van der Waals surface area contributed by atoms with Crippen molar-refractivity contribution in [2.45, 2.75) is 62.0 Å². The molecule has 4 heteroatoms. The van der Waals surface area contributed by atoms with Crippen molar-refractivity contribution >= 4 is 22.6 Å². The minimum Gasteiger partial charge on any atom is -0.367 e. The molecule has 1 aliphatic heterocycles. The van der Waals surface area contributed by atoms with Crippen molar-refractivity contribution in [3.05, 3.63) is 0 Å². The molecule has 3 nitrogen and oxygen atoms in total. The summed E-state index contributed by atoms with van der Waals surface area (Å²) in [5, 5.41) is 9.67. The van der Waals surface area contributed by atoms with Crippen LogP contribution < -0.4 is 0 Å². The number of rotatable bonds is 3. The van der Waals surface area contributed by atoms with Gasteiger partial charge in [0.2, 0.25) is 0 Å². The summed E-state index contributed by atoms with van der Waals surface area (Å²) in [5.41, 5.74) is 0. The largest absolute Gasteiger partial charge is 0.367 e. The fourth-order valence-electron chi connectivity index (χ4n) is 2.04. The van der Waals surface area contributed by atoms with Crippen LogP contribution in [0.1, 0.15) is 33.6 Å². The molecule has 0 spiro atoms. The molecular weight excluding hydrogens is 305 g/mol. The number of hydrogen-bond donors (Lipinski definition) is 1. The predicted molar refractivity (Wildman–Crippen MR) is 70.3 cm³/mol. The van der Waals surface area contributed by atoms with E-state index < -0.39 is 6.29 Å². The monoisotopic (exact) mass is 327 g/mol. The fraction of sp³-hybridized carbons (Fsp3) is 1.00. The van der Waals surface area contributed by atoms with Crippen molar-refractivity contribution in [2.24, 2.45) is 0 Å². The van der Waals surface area contributed by atoms with Gasteiger partial charge in [-0.3, -0.25) is 0 Å². The normalized spacial score (nSPS) is 37.6. The van der Waals surface area contributed by atoms with Gasteiger partial charge in [-0.1, -0.05) is 22.6 Å². The van der Waals surface area contributed by atoms with E-state index in [-0.39, 0.29) is 10.0 Å². The lowest BCUT2D eigenvalue weighted by molar-refractivity contribution is -0.152. The second-order valence-electron chi connectivity index (χ2n) is 4.66. The second kappa shape index (κ2) is 5.80. The molecule has 0 radical (unpaired) electrons. The molecule has 0 aliphatic carbocycles.